The smallest absolute Gasteiger partial charge is 0.311 e. The maximum atomic E-state index is 13.3. The second kappa shape index (κ2) is 9.69. The van der Waals surface area contributed by atoms with Crippen LogP contribution in [0.1, 0.15) is 23.0 Å². The Balaban J connectivity index is 2.57. The van der Waals surface area contributed by atoms with Crippen LogP contribution in [0.2, 0.25) is 0 Å². The van der Waals surface area contributed by atoms with Crippen LogP contribution in [-0.4, -0.2) is 39.0 Å². The lowest BCUT2D eigenvalue weighted by atomic mass is 9.82. The molecule has 4 atom stereocenters. The minimum atomic E-state index is -1.24. The molecule has 0 aliphatic rings. The van der Waals surface area contributed by atoms with Crippen molar-refractivity contribution in [3.05, 3.63) is 65.5 Å². The van der Waals surface area contributed by atoms with Crippen molar-refractivity contribution in [2.45, 2.75) is 21.3 Å². The van der Waals surface area contributed by atoms with Crippen molar-refractivity contribution >= 4 is 40.7 Å². The number of hydrogen-bond acceptors (Lipinski definition) is 4. The van der Waals surface area contributed by atoms with Crippen LogP contribution in [0.5, 0.6) is 0 Å². The molecule has 0 aromatic heterocycles. The Morgan fingerprint density at radius 1 is 1.08 bits per heavy atom. The van der Waals surface area contributed by atoms with Gasteiger partial charge in [-0.3, -0.25) is 4.79 Å². The largest absolute Gasteiger partial charge is 0.616 e. The molecule has 0 amide bonds. The van der Waals surface area contributed by atoms with E-state index in [-0.39, 0.29) is 0 Å². The van der Waals surface area contributed by atoms with Crippen molar-refractivity contribution in [1.82, 2.24) is 0 Å². The molecule has 0 saturated carbocycles. The highest BCUT2D eigenvalue weighted by Gasteiger charge is 2.41. The second-order valence-electron chi connectivity index (χ2n) is 5.77. The first-order chi connectivity index (χ1) is 12.4. The Bertz CT molecular complexity index is 720. The zero-order chi connectivity index (χ0) is 19.3. The monoisotopic (exact) mass is 412 g/mol. The summed E-state index contributed by atoms with van der Waals surface area (Å²) in [6.07, 6.45) is 5.39. The molecule has 2 aromatic rings. The molecule has 0 saturated heterocycles. The third kappa shape index (κ3) is 4.97. The summed E-state index contributed by atoms with van der Waals surface area (Å²) in [5.41, 5.74) is 1.32. The minimum Gasteiger partial charge on any atom is -0.616 e. The average Bonchev–Trinajstić information content (AvgIpc) is 2.62. The molecule has 4 unspecified atom stereocenters. The van der Waals surface area contributed by atoms with E-state index < -0.39 is 39.4 Å². The molecule has 0 spiro atoms. The zero-order valence-corrected chi connectivity index (χ0v) is 17.2. The first-order valence-corrected chi connectivity index (χ1v) is 12.0. The lowest BCUT2D eigenvalue weighted by Crippen LogP contribution is -2.32. The molecule has 0 aliphatic heterocycles. The molecule has 3 nitrogen and oxygen atoms in total. The Hall–Kier alpha value is -1.15. The van der Waals surface area contributed by atoms with Crippen molar-refractivity contribution < 1.29 is 18.8 Å². The van der Waals surface area contributed by atoms with Crippen molar-refractivity contribution in [1.29, 1.82) is 0 Å². The number of carbonyl (C=O) groups is 1. The fourth-order valence-corrected chi connectivity index (χ4v) is 5.82. The van der Waals surface area contributed by atoms with Gasteiger partial charge >= 0.3 is 5.97 Å². The number of halogens is 1. The number of rotatable bonds is 8. The Morgan fingerprint density at radius 2 is 1.62 bits per heavy atom. The van der Waals surface area contributed by atoms with Gasteiger partial charge in [-0.25, -0.2) is 4.39 Å². The van der Waals surface area contributed by atoms with E-state index in [2.05, 4.69) is 0 Å². The number of hydrogen-bond donors (Lipinski definition) is 1. The Morgan fingerprint density at radius 3 is 2.04 bits per heavy atom. The molecule has 0 heterocycles. The predicted molar refractivity (Wildman–Crippen MR) is 109 cm³/mol. The van der Waals surface area contributed by atoms with Crippen molar-refractivity contribution in [2.24, 2.45) is 0 Å². The van der Waals surface area contributed by atoms with Crippen LogP contribution in [0, 0.1) is 5.82 Å². The molecule has 140 valence electrons. The van der Waals surface area contributed by atoms with E-state index in [1.54, 1.807) is 18.0 Å². The summed E-state index contributed by atoms with van der Waals surface area (Å²) < 4.78 is 25.3. The summed E-state index contributed by atoms with van der Waals surface area (Å²) in [4.78, 5) is 13.2. The number of benzene rings is 2. The quantitative estimate of drug-likeness (QED) is 0.508. The van der Waals surface area contributed by atoms with Gasteiger partial charge in [-0.05, 0) is 59.1 Å². The number of carboxylic acids is 1. The van der Waals surface area contributed by atoms with Crippen LogP contribution < -0.4 is 0 Å². The maximum absolute atomic E-state index is 13.3. The fraction of sp³-hybridized carbons (Fsp3) is 0.316. The molecule has 0 radical (unpaired) electrons. The van der Waals surface area contributed by atoms with E-state index in [9.17, 15) is 18.8 Å². The summed E-state index contributed by atoms with van der Waals surface area (Å²) in [5, 5.41) is 9.95. The van der Waals surface area contributed by atoms with Crippen molar-refractivity contribution in [3.63, 3.8) is 0 Å². The van der Waals surface area contributed by atoms with Gasteiger partial charge in [-0.15, -0.1) is 23.5 Å². The minimum absolute atomic E-state index is 0.402. The molecule has 2 aromatic carbocycles. The number of thioether (sulfide) groups is 2. The fourth-order valence-electron chi connectivity index (χ4n) is 3.00. The third-order valence-corrected chi connectivity index (χ3v) is 8.05. The lowest BCUT2D eigenvalue weighted by Gasteiger charge is -2.31. The SMILES string of the molecule is CSc1ccc(C(C(C(=O)O)c2ccc(F)cc2)C(SC)[S+](C)[O-])cc1. The van der Waals surface area contributed by atoms with E-state index in [1.165, 1.54) is 36.0 Å². The standard InChI is InChI=1S/C19H21FO3S3/c1-24-15-10-6-13(7-11-15)17(19(25-2)26(3)23)16(18(21)22)12-4-8-14(20)9-5-12/h4-11,16-17,19H,1-3H3,(H,21,22). The molecule has 0 aliphatic carbocycles. The molecule has 1 N–H and O–H groups in total. The summed E-state index contributed by atoms with van der Waals surface area (Å²) >= 11 is 1.75. The van der Waals surface area contributed by atoms with Crippen LogP contribution in [0.25, 0.3) is 0 Å². The van der Waals surface area contributed by atoms with Crippen LogP contribution in [0.15, 0.2) is 53.4 Å². The molecule has 7 heteroatoms. The van der Waals surface area contributed by atoms with E-state index in [1.807, 2.05) is 36.8 Å². The predicted octanol–water partition coefficient (Wildman–Crippen LogP) is 4.57. The maximum Gasteiger partial charge on any atom is 0.311 e. The van der Waals surface area contributed by atoms with Gasteiger partial charge in [0.1, 0.15) is 5.82 Å². The first kappa shape index (κ1) is 21.2. The summed E-state index contributed by atoms with van der Waals surface area (Å²) in [6, 6.07) is 13.2. The van der Waals surface area contributed by atoms with E-state index in [0.29, 0.717) is 5.56 Å². The summed E-state index contributed by atoms with van der Waals surface area (Å²) in [6.45, 7) is 0. The van der Waals surface area contributed by atoms with Crippen LogP contribution >= 0.6 is 23.5 Å². The van der Waals surface area contributed by atoms with Gasteiger partial charge < -0.3 is 9.66 Å². The van der Waals surface area contributed by atoms with Gasteiger partial charge in [-0.2, -0.15) is 0 Å². The molecule has 2 rings (SSSR count). The normalized spacial score (nSPS) is 15.9. The number of carboxylic acid groups (broad SMARTS) is 1. The van der Waals surface area contributed by atoms with Gasteiger partial charge in [-0.1, -0.05) is 24.3 Å². The average molecular weight is 413 g/mol. The van der Waals surface area contributed by atoms with Gasteiger partial charge in [0, 0.05) is 4.90 Å². The Kier molecular flexibility index (Phi) is 7.88. The van der Waals surface area contributed by atoms with E-state index >= 15 is 0 Å². The molecular formula is C19H21FO3S3. The van der Waals surface area contributed by atoms with E-state index in [4.69, 9.17) is 0 Å². The third-order valence-electron chi connectivity index (χ3n) is 4.21. The van der Waals surface area contributed by atoms with E-state index in [0.717, 1.165) is 10.5 Å². The molecule has 0 fully saturated rings. The summed E-state index contributed by atoms with van der Waals surface area (Å²) in [5.74, 6) is -2.86. The second-order valence-corrected chi connectivity index (χ2v) is 9.43. The van der Waals surface area contributed by atoms with Crippen LogP contribution in [0.4, 0.5) is 4.39 Å². The Labute approximate surface area is 165 Å². The first-order valence-electron chi connectivity index (χ1n) is 7.86. The number of aliphatic carboxylic acids is 1. The van der Waals surface area contributed by atoms with Crippen LogP contribution in [0.3, 0.4) is 0 Å². The van der Waals surface area contributed by atoms with Gasteiger partial charge in [0.15, 0.2) is 4.58 Å². The van der Waals surface area contributed by atoms with Crippen molar-refractivity contribution in [2.75, 3.05) is 18.8 Å². The van der Waals surface area contributed by atoms with Crippen LogP contribution in [-0.2, 0) is 16.0 Å². The van der Waals surface area contributed by atoms with Crippen molar-refractivity contribution in [3.8, 4) is 0 Å². The lowest BCUT2D eigenvalue weighted by molar-refractivity contribution is -0.139. The van der Waals surface area contributed by atoms with Gasteiger partial charge in [0.25, 0.3) is 0 Å². The zero-order valence-electron chi connectivity index (χ0n) is 14.7. The van der Waals surface area contributed by atoms with Gasteiger partial charge in [0.05, 0.1) is 18.1 Å². The highest BCUT2D eigenvalue weighted by molar-refractivity contribution is 8.12. The highest BCUT2D eigenvalue weighted by atomic mass is 32.3. The summed E-state index contributed by atoms with van der Waals surface area (Å²) in [7, 11) is 0. The molecule has 0 bridgehead atoms. The highest BCUT2D eigenvalue weighted by Crippen LogP contribution is 2.42. The topological polar surface area (TPSA) is 60.4 Å². The molecular weight excluding hydrogens is 391 g/mol. The molecule has 26 heavy (non-hydrogen) atoms. The van der Waals surface area contributed by atoms with Gasteiger partial charge in [0.2, 0.25) is 0 Å².